The van der Waals surface area contributed by atoms with E-state index in [0.717, 1.165) is 25.9 Å². The second kappa shape index (κ2) is 10.7. The van der Waals surface area contributed by atoms with Gasteiger partial charge in [-0.15, -0.1) is 0 Å². The van der Waals surface area contributed by atoms with E-state index in [1.165, 1.54) is 17.0 Å². The molecular formula is C26H40N2O8S. The van der Waals surface area contributed by atoms with Crippen LogP contribution in [0.2, 0.25) is 0 Å². The van der Waals surface area contributed by atoms with Crippen molar-refractivity contribution in [2.75, 3.05) is 39.5 Å². The fraction of sp³-hybridized carbons (Fsp3) is 0.731. The number of carbonyl (C=O) groups excluding carboxylic acids is 1. The van der Waals surface area contributed by atoms with E-state index in [1.807, 2.05) is 0 Å². The third-order valence-corrected chi connectivity index (χ3v) is 9.96. The molecule has 1 amide bonds. The minimum absolute atomic E-state index is 0.0110. The second-order valence-corrected chi connectivity index (χ2v) is 13.9. The van der Waals surface area contributed by atoms with Gasteiger partial charge in [-0.1, -0.05) is 6.07 Å². The average Bonchev–Trinajstić information content (AvgIpc) is 3.57. The normalized spacial score (nSPS) is 23.4. The molecule has 0 bridgehead atoms. The first-order chi connectivity index (χ1) is 17.4. The highest BCUT2D eigenvalue weighted by molar-refractivity contribution is 7.93. The first-order valence-electron chi connectivity index (χ1n) is 13.0. The van der Waals surface area contributed by atoms with E-state index in [-0.39, 0.29) is 35.4 Å². The zero-order chi connectivity index (χ0) is 26.9. The molecular weight excluding hydrogens is 500 g/mol. The van der Waals surface area contributed by atoms with E-state index in [2.05, 4.69) is 5.32 Å². The number of hydrogen-bond donors (Lipinski definition) is 3. The zero-order valence-corrected chi connectivity index (χ0v) is 22.8. The van der Waals surface area contributed by atoms with Gasteiger partial charge in [-0.05, 0) is 84.2 Å². The van der Waals surface area contributed by atoms with E-state index in [0.29, 0.717) is 25.9 Å². The molecule has 2 atom stereocenters. The van der Waals surface area contributed by atoms with Gasteiger partial charge in [0.25, 0.3) is 0 Å². The molecule has 37 heavy (non-hydrogen) atoms. The predicted molar refractivity (Wildman–Crippen MR) is 136 cm³/mol. The van der Waals surface area contributed by atoms with Gasteiger partial charge in [0.2, 0.25) is 0 Å². The number of hydrogen-bond acceptors (Lipinski definition) is 9. The van der Waals surface area contributed by atoms with Crippen molar-refractivity contribution >= 4 is 15.9 Å². The zero-order valence-electron chi connectivity index (χ0n) is 21.9. The van der Waals surface area contributed by atoms with Gasteiger partial charge in [-0.3, -0.25) is 0 Å². The lowest BCUT2D eigenvalue weighted by Crippen LogP contribution is -2.49. The molecule has 3 aliphatic rings. The Bertz CT molecular complexity index is 1060. The lowest BCUT2D eigenvalue weighted by atomic mass is 9.88. The maximum Gasteiger partial charge on any atom is 0.410 e. The third-order valence-electron chi connectivity index (χ3n) is 7.40. The number of sulfone groups is 1. The average molecular weight is 541 g/mol. The number of carbonyl (C=O) groups is 1. The fourth-order valence-corrected chi connectivity index (χ4v) is 6.89. The summed E-state index contributed by atoms with van der Waals surface area (Å²) >= 11 is 0. The highest BCUT2D eigenvalue weighted by atomic mass is 32.2. The van der Waals surface area contributed by atoms with Gasteiger partial charge in [-0.25, -0.2) is 13.2 Å². The van der Waals surface area contributed by atoms with E-state index >= 15 is 0 Å². The largest absolute Gasteiger partial charge is 0.491 e. The molecule has 1 aromatic rings. The Morgan fingerprint density at radius 1 is 1.24 bits per heavy atom. The Balaban J connectivity index is 1.41. The molecule has 4 rings (SSSR count). The molecule has 10 nitrogen and oxygen atoms in total. The van der Waals surface area contributed by atoms with E-state index < -0.39 is 39.0 Å². The first-order valence-corrected chi connectivity index (χ1v) is 14.5. The highest BCUT2D eigenvalue weighted by Crippen LogP contribution is 2.46. The summed E-state index contributed by atoms with van der Waals surface area (Å²) in [5, 5.41) is 23.7. The Hall–Kier alpha value is -1.92. The molecule has 1 spiro atoms. The summed E-state index contributed by atoms with van der Waals surface area (Å²) in [5.74, 6) is 0.288. The van der Waals surface area contributed by atoms with Crippen molar-refractivity contribution in [3.05, 3.63) is 24.3 Å². The second-order valence-electron chi connectivity index (χ2n) is 11.5. The SMILES string of the molecule is CC(C)(C)OC(=O)N(C[C@H](O)COc1cccc(S(=O)(=O)C2(CO)CC2)c1)[C@@H]1COC2(CCNCC2)C1. The highest BCUT2D eigenvalue weighted by Gasteiger charge is 2.54. The summed E-state index contributed by atoms with van der Waals surface area (Å²) in [4.78, 5) is 14.7. The van der Waals surface area contributed by atoms with Crippen molar-refractivity contribution in [1.29, 1.82) is 0 Å². The Kier molecular flexibility index (Phi) is 8.11. The molecule has 1 aromatic carbocycles. The van der Waals surface area contributed by atoms with E-state index in [9.17, 15) is 23.4 Å². The summed E-state index contributed by atoms with van der Waals surface area (Å²) in [5.41, 5.74) is -0.959. The lowest BCUT2D eigenvalue weighted by molar-refractivity contribution is -0.0227. The van der Waals surface area contributed by atoms with Crippen LogP contribution in [0, 0.1) is 0 Å². The van der Waals surface area contributed by atoms with Crippen molar-refractivity contribution in [2.24, 2.45) is 0 Å². The molecule has 208 valence electrons. The van der Waals surface area contributed by atoms with Crippen LogP contribution in [-0.2, 0) is 19.3 Å². The summed E-state index contributed by atoms with van der Waals surface area (Å²) < 4.78 is 42.3. The number of aliphatic hydroxyl groups is 2. The molecule has 1 saturated carbocycles. The quantitative estimate of drug-likeness (QED) is 0.429. The van der Waals surface area contributed by atoms with Crippen LogP contribution in [-0.4, -0.2) is 97.2 Å². The maximum absolute atomic E-state index is 13.1. The standard InChI is InChI=1S/C26H40N2O8S/c1-24(2,3)36-23(31)28(19-14-25(35-16-19)9-11-27-12-10-25)15-20(30)17-34-21-5-4-6-22(13-21)37(32,33)26(18-29)7-8-26/h4-6,13,19-20,27,29-30H,7-12,14-18H2,1-3H3/t19-,20-/m0/s1. The number of benzene rings is 1. The van der Waals surface area contributed by atoms with Gasteiger partial charge >= 0.3 is 6.09 Å². The van der Waals surface area contributed by atoms with Crippen molar-refractivity contribution in [1.82, 2.24) is 10.2 Å². The summed E-state index contributed by atoms with van der Waals surface area (Å²) in [6.45, 7) is 6.93. The molecule has 11 heteroatoms. The minimum atomic E-state index is -3.69. The number of nitrogens with zero attached hydrogens (tertiary/aromatic N) is 1. The first kappa shape index (κ1) is 28.1. The minimum Gasteiger partial charge on any atom is -0.491 e. The van der Waals surface area contributed by atoms with Gasteiger partial charge in [0, 0.05) is 0 Å². The maximum atomic E-state index is 13.1. The van der Waals surface area contributed by atoms with Crippen LogP contribution < -0.4 is 10.1 Å². The third kappa shape index (κ3) is 6.39. The van der Waals surface area contributed by atoms with Gasteiger partial charge in [0.05, 0.1) is 41.0 Å². The lowest BCUT2D eigenvalue weighted by Gasteiger charge is -2.35. The van der Waals surface area contributed by atoms with Crippen molar-refractivity contribution in [3.63, 3.8) is 0 Å². The van der Waals surface area contributed by atoms with Crippen LogP contribution in [0.3, 0.4) is 0 Å². The number of piperidine rings is 1. The molecule has 2 heterocycles. The predicted octanol–water partition coefficient (Wildman–Crippen LogP) is 1.87. The Labute approximate surface area is 219 Å². The van der Waals surface area contributed by atoms with Gasteiger partial charge in [-0.2, -0.15) is 0 Å². The van der Waals surface area contributed by atoms with Crippen molar-refractivity contribution < 1.29 is 37.6 Å². The van der Waals surface area contributed by atoms with Gasteiger partial charge in [0.1, 0.15) is 24.1 Å². The molecule has 1 aliphatic carbocycles. The molecule has 0 radical (unpaired) electrons. The van der Waals surface area contributed by atoms with Crippen LogP contribution in [0.25, 0.3) is 0 Å². The number of aliphatic hydroxyl groups excluding tert-OH is 2. The summed E-state index contributed by atoms with van der Waals surface area (Å²) in [6, 6.07) is 5.85. The van der Waals surface area contributed by atoms with Crippen LogP contribution in [0.5, 0.6) is 5.75 Å². The Morgan fingerprint density at radius 2 is 1.95 bits per heavy atom. The molecule has 3 fully saturated rings. The topological polar surface area (TPSA) is 135 Å². The molecule has 0 unspecified atom stereocenters. The number of nitrogens with one attached hydrogen (secondary N) is 1. The van der Waals surface area contributed by atoms with Crippen molar-refractivity contribution in [2.45, 2.75) is 85.9 Å². The van der Waals surface area contributed by atoms with Gasteiger partial charge < -0.3 is 34.6 Å². The van der Waals surface area contributed by atoms with Crippen LogP contribution in [0.15, 0.2) is 29.2 Å². The Morgan fingerprint density at radius 3 is 2.57 bits per heavy atom. The molecule has 2 aliphatic heterocycles. The monoisotopic (exact) mass is 540 g/mol. The smallest absolute Gasteiger partial charge is 0.410 e. The van der Waals surface area contributed by atoms with Crippen LogP contribution >= 0.6 is 0 Å². The molecule has 3 N–H and O–H groups in total. The van der Waals surface area contributed by atoms with E-state index in [4.69, 9.17) is 14.2 Å². The van der Waals surface area contributed by atoms with Crippen LogP contribution in [0.1, 0.15) is 52.9 Å². The fourth-order valence-electron chi connectivity index (χ4n) is 5.05. The van der Waals surface area contributed by atoms with Crippen molar-refractivity contribution in [3.8, 4) is 5.75 Å². The van der Waals surface area contributed by atoms with Gasteiger partial charge in [0.15, 0.2) is 9.84 Å². The number of amides is 1. The molecule has 2 saturated heterocycles. The summed E-state index contributed by atoms with van der Waals surface area (Å²) in [6.07, 6.45) is 1.72. The molecule has 0 aromatic heterocycles. The van der Waals surface area contributed by atoms with Crippen LogP contribution in [0.4, 0.5) is 4.79 Å². The summed E-state index contributed by atoms with van der Waals surface area (Å²) in [7, 11) is -3.69. The number of rotatable bonds is 9. The van der Waals surface area contributed by atoms with E-state index in [1.54, 1.807) is 32.9 Å². The number of ether oxygens (including phenoxy) is 3.